The van der Waals surface area contributed by atoms with Gasteiger partial charge in [-0.25, -0.2) is 0 Å². The predicted molar refractivity (Wildman–Crippen MR) is 113 cm³/mol. The summed E-state index contributed by atoms with van der Waals surface area (Å²) in [5.74, 6) is 0. The van der Waals surface area contributed by atoms with Gasteiger partial charge in [-0.15, -0.1) is 0 Å². The largest absolute Gasteiger partial charge is 0.320 e. The molecule has 0 spiro atoms. The summed E-state index contributed by atoms with van der Waals surface area (Å²) in [5, 5.41) is 11.0. The summed E-state index contributed by atoms with van der Waals surface area (Å²) in [6.45, 7) is 12.4. The van der Waals surface area contributed by atoms with Gasteiger partial charge in [-0.2, -0.15) is 10.2 Å². The van der Waals surface area contributed by atoms with Crippen LogP contribution >= 0.6 is 12.0 Å². The van der Waals surface area contributed by atoms with Crippen molar-refractivity contribution in [1.82, 2.24) is 5.32 Å². The Bertz CT molecular complexity index is 393. The Morgan fingerprint density at radius 3 is 1.85 bits per heavy atom. The van der Waals surface area contributed by atoms with Gasteiger partial charge < -0.3 is 9.50 Å². The van der Waals surface area contributed by atoms with Gasteiger partial charge >= 0.3 is 5.24 Å². The van der Waals surface area contributed by atoms with Crippen molar-refractivity contribution in [3.8, 4) is 0 Å². The summed E-state index contributed by atoms with van der Waals surface area (Å²) in [7, 11) is 0. The Balaban J connectivity index is 3.58. The number of nitrogens with one attached hydrogen (secondary N) is 1. The monoisotopic (exact) mass is 387 g/mol. The Morgan fingerprint density at radius 1 is 0.846 bits per heavy atom. The van der Waals surface area contributed by atoms with E-state index >= 15 is 0 Å². The molecule has 0 rings (SSSR count). The van der Waals surface area contributed by atoms with Crippen molar-refractivity contribution in [3.63, 3.8) is 0 Å². The van der Waals surface area contributed by atoms with Crippen molar-refractivity contribution >= 4 is 17.3 Å². The van der Waals surface area contributed by atoms with Crippen LogP contribution in [0.4, 0.5) is 4.79 Å². The number of rotatable bonds is 14. The number of hydrogen-bond donors (Lipinski definition) is 1. The van der Waals surface area contributed by atoms with Crippen LogP contribution in [0.25, 0.3) is 0 Å². The first-order valence-corrected chi connectivity index (χ1v) is 11.0. The highest BCUT2D eigenvalue weighted by molar-refractivity contribution is 8.09. The molecule has 0 heterocycles. The van der Waals surface area contributed by atoms with Gasteiger partial charge in [0.25, 0.3) is 0 Å². The lowest BCUT2D eigenvalue weighted by Gasteiger charge is -2.21. The van der Waals surface area contributed by atoms with E-state index in [4.69, 9.17) is 4.18 Å². The van der Waals surface area contributed by atoms with E-state index in [1.807, 2.05) is 34.6 Å². The predicted octanol–water partition coefficient (Wildman–Crippen LogP) is 7.27. The van der Waals surface area contributed by atoms with Crippen LogP contribution in [-0.2, 0) is 4.18 Å². The number of carbonyl (C=O) groups excluding carboxylic acids is 1. The normalized spacial score (nSPS) is 12.7. The molecule has 0 aromatic rings. The SMILES string of the molecule is CCCCCCCCCCCCOSC(=O)NC(C)(C)N=NC(C)(C)C. The van der Waals surface area contributed by atoms with Crippen molar-refractivity contribution < 1.29 is 8.98 Å². The minimum atomic E-state index is -0.724. The molecule has 1 N–H and O–H groups in total. The summed E-state index contributed by atoms with van der Waals surface area (Å²) in [4.78, 5) is 11.9. The van der Waals surface area contributed by atoms with Crippen LogP contribution in [0.2, 0.25) is 0 Å². The third-order valence-corrected chi connectivity index (χ3v) is 4.26. The Hall–Kier alpha value is -0.620. The van der Waals surface area contributed by atoms with Crippen molar-refractivity contribution in [2.45, 2.75) is 117 Å². The fraction of sp³-hybridized carbons (Fsp3) is 0.950. The van der Waals surface area contributed by atoms with Gasteiger partial charge in [0, 0.05) is 0 Å². The maximum absolute atomic E-state index is 11.9. The first-order chi connectivity index (χ1) is 12.2. The van der Waals surface area contributed by atoms with Gasteiger partial charge in [0.2, 0.25) is 0 Å². The molecule has 0 bridgehead atoms. The lowest BCUT2D eigenvalue weighted by atomic mass is 10.1. The smallest absolute Gasteiger partial charge is 0.308 e. The summed E-state index contributed by atoms with van der Waals surface area (Å²) >= 11 is 0.864. The number of nitrogens with zero attached hydrogens (tertiary/aromatic N) is 2. The van der Waals surface area contributed by atoms with Crippen molar-refractivity contribution in [2.75, 3.05) is 6.61 Å². The molecule has 0 radical (unpaired) electrons. The summed E-state index contributed by atoms with van der Waals surface area (Å²) in [5.41, 5.74) is -0.973. The van der Waals surface area contributed by atoms with Crippen molar-refractivity contribution in [1.29, 1.82) is 0 Å². The fourth-order valence-corrected chi connectivity index (χ4v) is 2.91. The van der Waals surface area contributed by atoms with Crippen LogP contribution < -0.4 is 5.32 Å². The number of amides is 1. The molecular formula is C20H41N3O2S. The van der Waals surface area contributed by atoms with E-state index in [-0.39, 0.29) is 10.8 Å². The molecule has 0 saturated heterocycles. The summed E-state index contributed by atoms with van der Waals surface area (Å²) in [6, 6.07) is 0. The average molecular weight is 388 g/mol. The molecule has 1 amide bonds. The third kappa shape index (κ3) is 18.2. The van der Waals surface area contributed by atoms with Gasteiger partial charge in [0.05, 0.1) is 24.2 Å². The first kappa shape index (κ1) is 25.4. The number of unbranched alkanes of at least 4 members (excludes halogenated alkanes) is 9. The molecule has 0 aromatic carbocycles. The van der Waals surface area contributed by atoms with Gasteiger partial charge in [-0.1, -0.05) is 64.7 Å². The third-order valence-electron chi connectivity index (χ3n) is 3.72. The highest BCUT2D eigenvalue weighted by atomic mass is 32.2. The molecule has 0 saturated carbocycles. The van der Waals surface area contributed by atoms with E-state index < -0.39 is 5.66 Å². The van der Waals surface area contributed by atoms with E-state index in [0.29, 0.717) is 6.61 Å². The lowest BCUT2D eigenvalue weighted by Crippen LogP contribution is -2.40. The molecular weight excluding hydrogens is 346 g/mol. The molecule has 0 atom stereocenters. The second-order valence-electron chi connectivity index (χ2n) is 8.43. The zero-order valence-corrected chi connectivity index (χ0v) is 18.7. The van der Waals surface area contributed by atoms with Crippen LogP contribution in [0, 0.1) is 0 Å². The minimum absolute atomic E-state index is 0.227. The summed E-state index contributed by atoms with van der Waals surface area (Å²) in [6.07, 6.45) is 12.9. The van der Waals surface area contributed by atoms with E-state index in [0.717, 1.165) is 18.5 Å². The Kier molecular flexibility index (Phi) is 14.1. The van der Waals surface area contributed by atoms with Crippen LogP contribution in [0.3, 0.4) is 0 Å². The highest BCUT2D eigenvalue weighted by Gasteiger charge is 2.21. The number of hydrogen-bond acceptors (Lipinski definition) is 5. The van der Waals surface area contributed by atoms with E-state index in [9.17, 15) is 4.79 Å². The van der Waals surface area contributed by atoms with Crippen LogP contribution in [-0.4, -0.2) is 23.0 Å². The molecule has 0 fully saturated rings. The minimum Gasteiger partial charge on any atom is -0.320 e. The molecule has 6 heteroatoms. The molecule has 26 heavy (non-hydrogen) atoms. The van der Waals surface area contributed by atoms with E-state index in [1.165, 1.54) is 57.8 Å². The maximum atomic E-state index is 11.9. The van der Waals surface area contributed by atoms with Crippen LogP contribution in [0.1, 0.15) is 106 Å². The van der Waals surface area contributed by atoms with Crippen molar-refractivity contribution in [3.05, 3.63) is 0 Å². The topological polar surface area (TPSA) is 63.0 Å². The lowest BCUT2D eigenvalue weighted by molar-refractivity contribution is 0.246. The number of azo groups is 1. The standard InChI is InChI=1S/C20H41N3O2S/c1-7-8-9-10-11-12-13-14-15-16-17-25-26-18(24)21-20(5,6)23-22-19(2,3)4/h7-17H2,1-6H3,(H,21,24). The molecule has 0 aliphatic rings. The molecule has 0 unspecified atom stereocenters. The van der Waals surface area contributed by atoms with Crippen LogP contribution in [0.5, 0.6) is 0 Å². The van der Waals surface area contributed by atoms with Crippen LogP contribution in [0.15, 0.2) is 10.2 Å². The molecule has 0 aliphatic carbocycles. The second kappa shape index (κ2) is 14.4. The van der Waals surface area contributed by atoms with Gasteiger partial charge in [-0.3, -0.25) is 4.79 Å². The van der Waals surface area contributed by atoms with Gasteiger partial charge in [0.1, 0.15) is 5.66 Å². The highest BCUT2D eigenvalue weighted by Crippen LogP contribution is 2.16. The Morgan fingerprint density at radius 2 is 1.35 bits per heavy atom. The molecule has 5 nitrogen and oxygen atoms in total. The molecule has 0 aromatic heterocycles. The van der Waals surface area contributed by atoms with Gasteiger partial charge in [-0.05, 0) is 41.0 Å². The average Bonchev–Trinajstić information content (AvgIpc) is 2.53. The Labute approximate surface area is 165 Å². The fourth-order valence-electron chi connectivity index (χ4n) is 2.31. The maximum Gasteiger partial charge on any atom is 0.308 e. The quantitative estimate of drug-likeness (QED) is 0.194. The zero-order valence-electron chi connectivity index (χ0n) is 17.9. The van der Waals surface area contributed by atoms with Crippen molar-refractivity contribution in [2.24, 2.45) is 10.2 Å². The second-order valence-corrected chi connectivity index (χ2v) is 9.20. The number of carbonyl (C=O) groups is 1. The van der Waals surface area contributed by atoms with E-state index in [1.54, 1.807) is 0 Å². The molecule has 0 aliphatic heterocycles. The first-order valence-electron chi connectivity index (χ1n) is 10.2. The van der Waals surface area contributed by atoms with E-state index in [2.05, 4.69) is 22.5 Å². The molecule has 154 valence electrons. The summed E-state index contributed by atoms with van der Waals surface area (Å²) < 4.78 is 5.39. The van der Waals surface area contributed by atoms with Gasteiger partial charge in [0.15, 0.2) is 0 Å². The zero-order chi connectivity index (χ0) is 19.9.